The van der Waals surface area contributed by atoms with Crippen molar-refractivity contribution in [3.63, 3.8) is 0 Å². The molecule has 0 unspecified atom stereocenters. The number of ether oxygens (including phenoxy) is 1. The van der Waals surface area contributed by atoms with Crippen molar-refractivity contribution in [2.75, 3.05) is 44.3 Å². The molecule has 0 aromatic carbocycles. The number of anilines is 1. The molecule has 0 saturated carbocycles. The van der Waals surface area contributed by atoms with Crippen molar-refractivity contribution in [1.29, 1.82) is 0 Å². The maximum absolute atomic E-state index is 5.98. The minimum Gasteiger partial charge on any atom is -0.379 e. The van der Waals surface area contributed by atoms with Crippen molar-refractivity contribution in [1.82, 2.24) is 20.0 Å². The molecule has 2 aromatic heterocycles. The maximum Gasteiger partial charge on any atom is 0.225 e. The van der Waals surface area contributed by atoms with Crippen molar-refractivity contribution in [3.05, 3.63) is 35.5 Å². The van der Waals surface area contributed by atoms with E-state index in [2.05, 4.69) is 24.9 Å². The number of aryl methyl sites for hydroxylation is 2. The maximum atomic E-state index is 5.98. The minimum absolute atomic E-state index is 0.134. The van der Waals surface area contributed by atoms with E-state index in [-0.39, 0.29) is 5.41 Å². The summed E-state index contributed by atoms with van der Waals surface area (Å²) in [6.45, 7) is 10.3. The van der Waals surface area contributed by atoms with Gasteiger partial charge in [-0.25, -0.2) is 9.97 Å². The topological polar surface area (TPSA) is 67.5 Å². The molecule has 0 bridgehead atoms. The number of hydrogen-bond acceptors (Lipinski definition) is 7. The summed E-state index contributed by atoms with van der Waals surface area (Å²) in [5.74, 6) is 1.74. The quantitative estimate of drug-likeness (QED) is 0.842. The lowest BCUT2D eigenvalue weighted by atomic mass is 9.87. The molecule has 2 saturated heterocycles. The van der Waals surface area contributed by atoms with Gasteiger partial charge in [0.25, 0.3) is 0 Å². The highest BCUT2D eigenvalue weighted by atomic mass is 16.5. The van der Waals surface area contributed by atoms with E-state index >= 15 is 0 Å². The van der Waals surface area contributed by atoms with Gasteiger partial charge in [0.05, 0.1) is 18.9 Å². The van der Waals surface area contributed by atoms with Gasteiger partial charge in [-0.1, -0.05) is 5.16 Å². The van der Waals surface area contributed by atoms with E-state index in [4.69, 9.17) is 9.26 Å². The first-order valence-corrected chi connectivity index (χ1v) is 8.89. The second-order valence-corrected chi connectivity index (χ2v) is 7.29. The number of nitrogens with zero attached hydrogens (tertiary/aromatic N) is 5. The van der Waals surface area contributed by atoms with Crippen LogP contribution in [-0.2, 0) is 11.3 Å². The molecule has 0 aliphatic carbocycles. The van der Waals surface area contributed by atoms with Gasteiger partial charge in [-0.05, 0) is 26.3 Å². The standard InChI is InChI=1S/C18H25N5O2/c1-14-16(15(2)25-21-14)10-22-8-9-24-13-18(11-22)4-7-23(12-18)17-19-5-3-6-20-17/h3,5-6H,4,7-13H2,1-2H3/t18-/m0/s1. The second kappa shape index (κ2) is 6.72. The summed E-state index contributed by atoms with van der Waals surface area (Å²) >= 11 is 0. The van der Waals surface area contributed by atoms with Crippen molar-refractivity contribution >= 4 is 5.95 Å². The highest BCUT2D eigenvalue weighted by molar-refractivity contribution is 5.32. The highest BCUT2D eigenvalue weighted by Gasteiger charge is 2.42. The van der Waals surface area contributed by atoms with Crippen LogP contribution in [0.3, 0.4) is 0 Å². The summed E-state index contributed by atoms with van der Waals surface area (Å²) in [5, 5.41) is 4.09. The molecule has 7 heteroatoms. The van der Waals surface area contributed by atoms with E-state index in [1.54, 1.807) is 12.4 Å². The Morgan fingerprint density at radius 1 is 1.16 bits per heavy atom. The predicted molar refractivity (Wildman–Crippen MR) is 93.4 cm³/mol. The molecule has 0 radical (unpaired) electrons. The fourth-order valence-corrected chi connectivity index (χ4v) is 3.97. The molecule has 4 heterocycles. The Labute approximate surface area is 148 Å². The van der Waals surface area contributed by atoms with E-state index in [0.717, 1.165) is 69.8 Å². The molecule has 0 amide bonds. The summed E-state index contributed by atoms with van der Waals surface area (Å²) in [6.07, 6.45) is 4.71. The summed E-state index contributed by atoms with van der Waals surface area (Å²) in [7, 11) is 0. The van der Waals surface area contributed by atoms with Gasteiger partial charge in [-0.3, -0.25) is 4.90 Å². The number of hydrogen-bond donors (Lipinski definition) is 0. The van der Waals surface area contributed by atoms with Crippen molar-refractivity contribution in [2.45, 2.75) is 26.8 Å². The van der Waals surface area contributed by atoms with E-state index in [1.165, 1.54) is 5.56 Å². The lowest BCUT2D eigenvalue weighted by molar-refractivity contribution is 0.0798. The SMILES string of the molecule is Cc1noc(C)c1CN1CCOC[C@@]2(CCN(c3ncccn3)C2)C1. The zero-order valence-electron chi connectivity index (χ0n) is 14.9. The molecule has 0 N–H and O–H groups in total. The predicted octanol–water partition coefficient (Wildman–Crippen LogP) is 1.81. The van der Waals surface area contributed by atoms with Crippen LogP contribution in [0.5, 0.6) is 0 Å². The fourth-order valence-electron chi connectivity index (χ4n) is 3.97. The minimum atomic E-state index is 0.134. The number of aromatic nitrogens is 3. The first kappa shape index (κ1) is 16.5. The van der Waals surface area contributed by atoms with Crippen LogP contribution in [0.15, 0.2) is 23.0 Å². The van der Waals surface area contributed by atoms with Crippen LogP contribution in [0.2, 0.25) is 0 Å². The van der Waals surface area contributed by atoms with Crippen LogP contribution < -0.4 is 4.90 Å². The Kier molecular flexibility index (Phi) is 4.43. The summed E-state index contributed by atoms with van der Waals surface area (Å²) in [5.41, 5.74) is 2.33. The molecule has 4 rings (SSSR count). The molecule has 25 heavy (non-hydrogen) atoms. The van der Waals surface area contributed by atoms with Crippen molar-refractivity contribution in [3.8, 4) is 0 Å². The average Bonchev–Trinajstić information content (AvgIpc) is 3.10. The van der Waals surface area contributed by atoms with Crippen LogP contribution >= 0.6 is 0 Å². The molecule has 1 spiro atoms. The van der Waals surface area contributed by atoms with Crippen molar-refractivity contribution < 1.29 is 9.26 Å². The van der Waals surface area contributed by atoms with Crippen LogP contribution in [0.1, 0.15) is 23.4 Å². The molecule has 134 valence electrons. The lowest BCUT2D eigenvalue weighted by Crippen LogP contribution is -2.40. The summed E-state index contributed by atoms with van der Waals surface area (Å²) < 4.78 is 11.3. The van der Waals surface area contributed by atoms with Gasteiger partial charge in [-0.2, -0.15) is 0 Å². The third-order valence-electron chi connectivity index (χ3n) is 5.36. The molecule has 1 atom stereocenters. The van der Waals surface area contributed by atoms with Gasteiger partial charge in [0.1, 0.15) is 5.76 Å². The van der Waals surface area contributed by atoms with Gasteiger partial charge >= 0.3 is 0 Å². The zero-order valence-corrected chi connectivity index (χ0v) is 14.9. The third-order valence-corrected chi connectivity index (χ3v) is 5.36. The summed E-state index contributed by atoms with van der Waals surface area (Å²) in [4.78, 5) is 13.6. The normalized spacial score (nSPS) is 24.8. The van der Waals surface area contributed by atoms with Gasteiger partial charge in [0, 0.05) is 56.1 Å². The van der Waals surface area contributed by atoms with Gasteiger partial charge < -0.3 is 14.2 Å². The third kappa shape index (κ3) is 3.39. The van der Waals surface area contributed by atoms with E-state index in [1.807, 2.05) is 19.9 Å². The van der Waals surface area contributed by atoms with E-state index < -0.39 is 0 Å². The molecular weight excluding hydrogens is 318 g/mol. The van der Waals surface area contributed by atoms with E-state index in [0.29, 0.717) is 0 Å². The number of rotatable bonds is 3. The Hall–Kier alpha value is -1.99. The van der Waals surface area contributed by atoms with Gasteiger partial charge in [0.15, 0.2) is 0 Å². The molecular formula is C18H25N5O2. The Morgan fingerprint density at radius 3 is 2.76 bits per heavy atom. The molecule has 2 fully saturated rings. The lowest BCUT2D eigenvalue weighted by Gasteiger charge is -2.31. The Bertz CT molecular complexity index is 700. The zero-order chi connectivity index (χ0) is 17.3. The van der Waals surface area contributed by atoms with E-state index in [9.17, 15) is 0 Å². The largest absolute Gasteiger partial charge is 0.379 e. The molecule has 2 aromatic rings. The Balaban J connectivity index is 1.49. The first-order valence-electron chi connectivity index (χ1n) is 8.89. The Morgan fingerprint density at radius 2 is 2.00 bits per heavy atom. The fraction of sp³-hybridized carbons (Fsp3) is 0.611. The molecule has 2 aliphatic rings. The van der Waals surface area contributed by atoms with Gasteiger partial charge in [-0.15, -0.1) is 0 Å². The monoisotopic (exact) mass is 343 g/mol. The molecule has 2 aliphatic heterocycles. The van der Waals surface area contributed by atoms with Crippen LogP contribution in [0, 0.1) is 19.3 Å². The van der Waals surface area contributed by atoms with Crippen molar-refractivity contribution in [2.24, 2.45) is 5.41 Å². The van der Waals surface area contributed by atoms with Crippen LogP contribution in [0.4, 0.5) is 5.95 Å². The van der Waals surface area contributed by atoms with Crippen LogP contribution in [-0.4, -0.2) is 59.4 Å². The van der Waals surface area contributed by atoms with Crippen LogP contribution in [0.25, 0.3) is 0 Å². The smallest absolute Gasteiger partial charge is 0.225 e. The highest BCUT2D eigenvalue weighted by Crippen LogP contribution is 2.35. The average molecular weight is 343 g/mol. The second-order valence-electron chi connectivity index (χ2n) is 7.29. The summed E-state index contributed by atoms with van der Waals surface area (Å²) in [6, 6.07) is 1.86. The first-order chi connectivity index (χ1) is 12.2. The molecule has 7 nitrogen and oxygen atoms in total. The van der Waals surface area contributed by atoms with Gasteiger partial charge in [0.2, 0.25) is 5.95 Å².